The quantitative estimate of drug-likeness (QED) is 0.696. The van der Waals surface area contributed by atoms with Crippen LogP contribution >= 0.6 is 0 Å². The fourth-order valence-corrected chi connectivity index (χ4v) is 3.59. The third kappa shape index (κ3) is 4.04. The summed E-state index contributed by atoms with van der Waals surface area (Å²) in [5, 5.41) is 14.5. The minimum Gasteiger partial charge on any atom is -0.374 e. The van der Waals surface area contributed by atoms with Crippen molar-refractivity contribution >= 4 is 11.5 Å². The Labute approximate surface area is 165 Å². The molecule has 29 heavy (non-hydrogen) atoms. The lowest BCUT2D eigenvalue weighted by molar-refractivity contribution is -0.141. The minimum absolute atomic E-state index is 0.252. The number of aliphatic hydroxyl groups is 1. The second kappa shape index (κ2) is 7.29. The van der Waals surface area contributed by atoms with Crippen molar-refractivity contribution < 1.29 is 18.3 Å². The number of hydrogen-bond donors (Lipinski definition) is 1. The number of imidazole rings is 1. The average molecular weight is 409 g/mol. The number of anilines is 1. The topological polar surface area (TPSA) is 84.4 Å². The molecule has 0 spiro atoms. The second-order valence-electron chi connectivity index (χ2n) is 7.32. The van der Waals surface area contributed by atoms with Gasteiger partial charge in [0.1, 0.15) is 24.4 Å². The molecule has 4 heterocycles. The zero-order valence-electron chi connectivity index (χ0n) is 16.2. The molecule has 1 aliphatic rings. The largest absolute Gasteiger partial charge is 0.406 e. The van der Waals surface area contributed by atoms with Gasteiger partial charge in [0.25, 0.3) is 0 Å². The lowest BCUT2D eigenvalue weighted by Gasteiger charge is -2.19. The molecule has 0 aromatic carbocycles. The van der Waals surface area contributed by atoms with Gasteiger partial charge in [0.15, 0.2) is 11.5 Å². The van der Waals surface area contributed by atoms with Crippen molar-refractivity contribution in [3.63, 3.8) is 0 Å². The van der Waals surface area contributed by atoms with E-state index >= 15 is 0 Å². The smallest absolute Gasteiger partial charge is 0.374 e. The highest BCUT2D eigenvalue weighted by atomic mass is 19.4. The molecular formula is C18H22F3N7O. The minimum atomic E-state index is -4.36. The first kappa shape index (κ1) is 19.6. The summed E-state index contributed by atoms with van der Waals surface area (Å²) in [5.74, 6) is 1.18. The predicted octanol–water partition coefficient (Wildman–Crippen LogP) is 2.20. The van der Waals surface area contributed by atoms with Crippen molar-refractivity contribution in [2.45, 2.75) is 58.5 Å². The summed E-state index contributed by atoms with van der Waals surface area (Å²) in [6.07, 6.45) is -0.0512. The molecule has 0 saturated carbocycles. The van der Waals surface area contributed by atoms with E-state index in [0.717, 1.165) is 22.4 Å². The molecule has 11 heteroatoms. The molecule has 1 N–H and O–H groups in total. The van der Waals surface area contributed by atoms with Crippen molar-refractivity contribution in [3.05, 3.63) is 35.4 Å². The predicted molar refractivity (Wildman–Crippen MR) is 98.5 cm³/mol. The van der Waals surface area contributed by atoms with Crippen LogP contribution in [0.1, 0.15) is 35.9 Å². The van der Waals surface area contributed by atoms with E-state index in [4.69, 9.17) is 0 Å². The van der Waals surface area contributed by atoms with Crippen LogP contribution in [0.25, 0.3) is 5.65 Å². The Kier molecular flexibility index (Phi) is 4.93. The zero-order valence-corrected chi connectivity index (χ0v) is 16.2. The number of hydrogen-bond acceptors (Lipinski definition) is 6. The van der Waals surface area contributed by atoms with E-state index in [9.17, 15) is 18.3 Å². The van der Waals surface area contributed by atoms with Crippen molar-refractivity contribution in [1.29, 1.82) is 0 Å². The summed E-state index contributed by atoms with van der Waals surface area (Å²) in [5.41, 5.74) is 2.20. The highest BCUT2D eigenvalue weighted by Crippen LogP contribution is 2.26. The molecule has 1 atom stereocenters. The maximum Gasteiger partial charge on any atom is 0.406 e. The van der Waals surface area contributed by atoms with Crippen LogP contribution in [0.5, 0.6) is 0 Å². The Bertz CT molecular complexity index is 988. The van der Waals surface area contributed by atoms with Crippen LogP contribution in [0.3, 0.4) is 0 Å². The number of nitrogens with zero attached hydrogens (tertiary/aromatic N) is 7. The van der Waals surface area contributed by atoms with E-state index < -0.39 is 18.9 Å². The molecule has 1 unspecified atom stereocenters. The molecular weight excluding hydrogens is 387 g/mol. The van der Waals surface area contributed by atoms with Gasteiger partial charge in [-0.05, 0) is 26.7 Å². The third-order valence-corrected chi connectivity index (χ3v) is 5.04. The van der Waals surface area contributed by atoms with Crippen LogP contribution in [0.2, 0.25) is 0 Å². The van der Waals surface area contributed by atoms with Crippen molar-refractivity contribution in [3.8, 4) is 0 Å². The Hall–Kier alpha value is -2.69. The van der Waals surface area contributed by atoms with Gasteiger partial charge in [0.05, 0.1) is 11.4 Å². The van der Waals surface area contributed by atoms with E-state index in [1.807, 2.05) is 13.8 Å². The van der Waals surface area contributed by atoms with Crippen LogP contribution in [0.15, 0.2) is 12.4 Å². The average Bonchev–Trinajstić information content (AvgIpc) is 3.34. The fourth-order valence-electron chi connectivity index (χ4n) is 3.59. The van der Waals surface area contributed by atoms with Crippen LogP contribution < -0.4 is 4.90 Å². The zero-order chi connectivity index (χ0) is 20.8. The molecule has 1 aliphatic heterocycles. The Balaban J connectivity index is 1.59. The summed E-state index contributed by atoms with van der Waals surface area (Å²) in [6, 6.07) is 0. The number of alkyl halides is 3. The molecule has 0 aliphatic carbocycles. The molecule has 0 amide bonds. The van der Waals surface area contributed by atoms with Gasteiger partial charge in [-0.2, -0.15) is 18.3 Å². The molecule has 1 saturated heterocycles. The van der Waals surface area contributed by atoms with Gasteiger partial charge in [-0.3, -0.25) is 4.98 Å². The Morgan fingerprint density at radius 3 is 2.66 bits per heavy atom. The molecule has 156 valence electrons. The summed E-state index contributed by atoms with van der Waals surface area (Å²) in [7, 11) is 0. The SMILES string of the molecule is Cc1ncc(C)n2nc(CCc3nc(N4CCCC4O)cn3CC(F)(F)F)nc12. The second-order valence-corrected chi connectivity index (χ2v) is 7.32. The van der Waals surface area contributed by atoms with Gasteiger partial charge in [-0.25, -0.2) is 14.5 Å². The molecule has 0 bridgehead atoms. The Morgan fingerprint density at radius 1 is 1.21 bits per heavy atom. The number of aromatic nitrogens is 6. The van der Waals surface area contributed by atoms with Gasteiger partial charge < -0.3 is 14.6 Å². The van der Waals surface area contributed by atoms with Gasteiger partial charge in [-0.1, -0.05) is 0 Å². The number of aliphatic hydroxyl groups excluding tert-OH is 1. The van der Waals surface area contributed by atoms with Gasteiger partial charge in [-0.15, -0.1) is 0 Å². The first-order chi connectivity index (χ1) is 13.7. The normalized spacial score (nSPS) is 17.6. The van der Waals surface area contributed by atoms with Gasteiger partial charge in [0, 0.05) is 31.8 Å². The van der Waals surface area contributed by atoms with Crippen LogP contribution in [-0.2, 0) is 19.4 Å². The summed E-state index contributed by atoms with van der Waals surface area (Å²) < 4.78 is 41.9. The van der Waals surface area contributed by atoms with E-state index in [1.165, 1.54) is 6.20 Å². The van der Waals surface area contributed by atoms with E-state index in [-0.39, 0.29) is 6.42 Å². The molecule has 3 aromatic heterocycles. The maximum absolute atomic E-state index is 13.0. The van der Waals surface area contributed by atoms with Crippen LogP contribution in [0.4, 0.5) is 19.0 Å². The summed E-state index contributed by atoms with van der Waals surface area (Å²) in [4.78, 5) is 14.7. The van der Waals surface area contributed by atoms with E-state index in [2.05, 4.69) is 20.1 Å². The Morgan fingerprint density at radius 2 is 2.00 bits per heavy atom. The van der Waals surface area contributed by atoms with Gasteiger partial charge >= 0.3 is 6.18 Å². The van der Waals surface area contributed by atoms with Crippen molar-refractivity contribution in [2.75, 3.05) is 11.4 Å². The first-order valence-corrected chi connectivity index (χ1v) is 9.46. The highest BCUT2D eigenvalue weighted by Gasteiger charge is 2.31. The van der Waals surface area contributed by atoms with Crippen molar-refractivity contribution in [2.24, 2.45) is 0 Å². The molecule has 4 rings (SSSR count). The third-order valence-electron chi connectivity index (χ3n) is 5.04. The monoisotopic (exact) mass is 409 g/mol. The number of halogens is 3. The van der Waals surface area contributed by atoms with Crippen molar-refractivity contribution in [1.82, 2.24) is 29.1 Å². The molecule has 1 fully saturated rings. The lowest BCUT2D eigenvalue weighted by atomic mass is 10.3. The summed E-state index contributed by atoms with van der Waals surface area (Å²) in [6.45, 7) is 3.14. The van der Waals surface area contributed by atoms with E-state index in [1.54, 1.807) is 15.6 Å². The molecule has 0 radical (unpaired) electrons. The fraction of sp³-hybridized carbons (Fsp3) is 0.556. The van der Waals surface area contributed by atoms with Gasteiger partial charge in [0.2, 0.25) is 0 Å². The van der Waals surface area contributed by atoms with E-state index in [0.29, 0.717) is 42.5 Å². The number of aryl methyl sites for hydroxylation is 4. The standard InChI is InChI=1S/C18H22F3N7O/c1-11-8-22-12(2)17-23-13(25-28(11)17)5-6-14-24-15(27-7-3-4-16(27)29)9-26(14)10-18(19,20)21/h8-9,16,29H,3-7,10H2,1-2H3. The van der Waals surface area contributed by atoms with Crippen LogP contribution in [-0.4, -0.2) is 53.2 Å². The number of fused-ring (bicyclic) bond motifs is 1. The highest BCUT2D eigenvalue weighted by molar-refractivity contribution is 5.43. The number of rotatable bonds is 5. The molecule has 8 nitrogen and oxygen atoms in total. The lowest BCUT2D eigenvalue weighted by Crippen LogP contribution is -2.28. The summed E-state index contributed by atoms with van der Waals surface area (Å²) >= 11 is 0. The molecule has 3 aromatic rings. The first-order valence-electron chi connectivity index (χ1n) is 9.46. The van der Waals surface area contributed by atoms with Crippen LogP contribution in [0, 0.1) is 13.8 Å². The maximum atomic E-state index is 13.0.